The zero-order valence-electron chi connectivity index (χ0n) is 28.8. The highest BCUT2D eigenvalue weighted by Gasteiger charge is 2.36. The lowest BCUT2D eigenvalue weighted by molar-refractivity contribution is 0.521. The summed E-state index contributed by atoms with van der Waals surface area (Å²) >= 11 is 5.49. The normalized spacial score (nSPS) is 13.5. The van der Waals surface area contributed by atoms with Crippen LogP contribution in [0.25, 0.3) is 53.2 Å². The number of fused-ring (bicyclic) bond motifs is 7. The maximum Gasteiger partial charge on any atom is 0.0470 e. The van der Waals surface area contributed by atoms with E-state index in [1.165, 1.54) is 75.5 Å². The Bertz CT molecular complexity index is 2610. The SMILES string of the molecule is CC(C)(Cc1ccc2c(c1)C(C)(C)c1ccc(Nc3ccc4ccccc4c3-c3cccc4c3sc3ccccc34)cc1-2)c1ccc(Br)cc1. The second kappa shape index (κ2) is 11.7. The number of halogens is 1. The van der Waals surface area contributed by atoms with Crippen LogP contribution in [0.2, 0.25) is 0 Å². The van der Waals surface area contributed by atoms with Crippen molar-refractivity contribution in [2.45, 2.75) is 44.9 Å². The Morgan fingerprint density at radius 3 is 2.24 bits per heavy atom. The van der Waals surface area contributed by atoms with Crippen molar-refractivity contribution >= 4 is 69.6 Å². The molecule has 0 amide bonds. The molecule has 0 unspecified atom stereocenters. The van der Waals surface area contributed by atoms with Gasteiger partial charge in [0.05, 0.1) is 0 Å². The van der Waals surface area contributed by atoms with Crippen molar-refractivity contribution in [1.29, 1.82) is 0 Å². The highest BCUT2D eigenvalue weighted by atomic mass is 79.9. The van der Waals surface area contributed by atoms with Crippen molar-refractivity contribution in [3.05, 3.63) is 166 Å². The number of hydrogen-bond acceptors (Lipinski definition) is 2. The van der Waals surface area contributed by atoms with Crippen LogP contribution in [-0.4, -0.2) is 0 Å². The van der Waals surface area contributed by atoms with E-state index in [9.17, 15) is 0 Å². The number of nitrogens with one attached hydrogen (secondary N) is 1. The van der Waals surface area contributed by atoms with Crippen LogP contribution < -0.4 is 5.32 Å². The monoisotopic (exact) mass is 727 g/mol. The molecule has 9 rings (SSSR count). The van der Waals surface area contributed by atoms with Crippen molar-refractivity contribution in [1.82, 2.24) is 0 Å². The minimum atomic E-state index is -0.0775. The van der Waals surface area contributed by atoms with E-state index in [2.05, 4.69) is 188 Å². The Labute approximate surface area is 306 Å². The Morgan fingerprint density at radius 1 is 0.640 bits per heavy atom. The molecule has 3 heteroatoms. The lowest BCUT2D eigenvalue weighted by Crippen LogP contribution is -2.21. The fourth-order valence-electron chi connectivity index (χ4n) is 8.27. The number of thiophene rings is 1. The fourth-order valence-corrected chi connectivity index (χ4v) is 9.75. The number of hydrogen-bond donors (Lipinski definition) is 1. The second-order valence-corrected chi connectivity index (χ2v) is 16.9. The highest BCUT2D eigenvalue weighted by molar-refractivity contribution is 9.10. The van der Waals surface area contributed by atoms with Gasteiger partial charge in [0.2, 0.25) is 0 Å². The number of anilines is 2. The fraction of sp³-hybridized carbons (Fsp3) is 0.149. The topological polar surface area (TPSA) is 12.0 Å². The summed E-state index contributed by atoms with van der Waals surface area (Å²) in [5, 5.41) is 9.06. The predicted molar refractivity (Wildman–Crippen MR) is 220 cm³/mol. The van der Waals surface area contributed by atoms with Gasteiger partial charge in [0.15, 0.2) is 0 Å². The van der Waals surface area contributed by atoms with Gasteiger partial charge in [-0.25, -0.2) is 0 Å². The predicted octanol–water partition coefficient (Wildman–Crippen LogP) is 14.2. The standard InChI is InChI=1S/C47H38BrNS/c1-46(2,31-18-20-32(48)21-19-31)28-29-16-23-35-39-27-33(22-24-40(39)47(3,4)41(35)26-29)49-42-25-17-30-10-5-6-11-34(30)44(42)38-14-9-13-37-36-12-7-8-15-43(36)50-45(37)38/h5-27,49H,28H2,1-4H3. The lowest BCUT2D eigenvalue weighted by Gasteiger charge is -2.27. The van der Waals surface area contributed by atoms with Crippen LogP contribution in [0, 0.1) is 0 Å². The van der Waals surface area contributed by atoms with Crippen molar-refractivity contribution in [2.75, 3.05) is 5.32 Å². The molecule has 8 aromatic rings. The average Bonchev–Trinajstić information content (AvgIpc) is 3.60. The molecule has 1 aliphatic carbocycles. The minimum absolute atomic E-state index is 0.0271. The van der Waals surface area contributed by atoms with E-state index in [1.807, 2.05) is 11.3 Å². The summed E-state index contributed by atoms with van der Waals surface area (Å²) < 4.78 is 3.77. The highest BCUT2D eigenvalue weighted by Crippen LogP contribution is 2.51. The molecule has 0 atom stereocenters. The van der Waals surface area contributed by atoms with Gasteiger partial charge in [0.1, 0.15) is 0 Å². The van der Waals surface area contributed by atoms with Crippen molar-refractivity contribution in [3.8, 4) is 22.3 Å². The molecule has 0 fully saturated rings. The van der Waals surface area contributed by atoms with E-state index in [4.69, 9.17) is 0 Å². The molecule has 0 spiro atoms. The number of benzene rings is 7. The van der Waals surface area contributed by atoms with Crippen LogP contribution in [0.1, 0.15) is 49.9 Å². The Morgan fingerprint density at radius 2 is 1.40 bits per heavy atom. The molecule has 244 valence electrons. The van der Waals surface area contributed by atoms with Crippen LogP contribution in [0.5, 0.6) is 0 Å². The van der Waals surface area contributed by atoms with Crippen LogP contribution in [-0.2, 0) is 17.3 Å². The molecule has 0 aliphatic heterocycles. The van der Waals surface area contributed by atoms with Gasteiger partial charge < -0.3 is 5.32 Å². The van der Waals surface area contributed by atoms with E-state index in [-0.39, 0.29) is 10.8 Å². The molecule has 1 N–H and O–H groups in total. The smallest absolute Gasteiger partial charge is 0.0470 e. The zero-order valence-corrected chi connectivity index (χ0v) is 31.2. The first-order valence-electron chi connectivity index (χ1n) is 17.4. The zero-order chi connectivity index (χ0) is 34.2. The summed E-state index contributed by atoms with van der Waals surface area (Å²) in [5.41, 5.74) is 12.9. The maximum atomic E-state index is 3.92. The van der Waals surface area contributed by atoms with Gasteiger partial charge >= 0.3 is 0 Å². The summed E-state index contributed by atoms with van der Waals surface area (Å²) in [6.07, 6.45) is 0.985. The van der Waals surface area contributed by atoms with Gasteiger partial charge in [-0.15, -0.1) is 11.3 Å². The van der Waals surface area contributed by atoms with Crippen LogP contribution in [0.15, 0.2) is 144 Å². The molecular weight excluding hydrogens is 690 g/mol. The van der Waals surface area contributed by atoms with Crippen molar-refractivity contribution in [3.63, 3.8) is 0 Å². The summed E-state index contributed by atoms with van der Waals surface area (Å²) in [6, 6.07) is 51.8. The van der Waals surface area contributed by atoms with Gasteiger partial charge in [-0.3, -0.25) is 0 Å². The Hall–Kier alpha value is -4.70. The third kappa shape index (κ3) is 5.10. The minimum Gasteiger partial charge on any atom is -0.355 e. The van der Waals surface area contributed by atoms with Gasteiger partial charge in [-0.2, -0.15) is 0 Å². The molecule has 0 saturated heterocycles. The van der Waals surface area contributed by atoms with Gasteiger partial charge in [-0.1, -0.05) is 147 Å². The quantitative estimate of drug-likeness (QED) is 0.180. The molecule has 1 aromatic heterocycles. The van der Waals surface area contributed by atoms with E-state index in [0.717, 1.165) is 22.3 Å². The molecule has 1 aliphatic rings. The van der Waals surface area contributed by atoms with Crippen LogP contribution in [0.4, 0.5) is 11.4 Å². The first kappa shape index (κ1) is 31.3. The average molecular weight is 729 g/mol. The first-order valence-corrected chi connectivity index (χ1v) is 19.0. The van der Waals surface area contributed by atoms with Gasteiger partial charge in [-0.05, 0) is 92.4 Å². The molecule has 7 aromatic carbocycles. The molecule has 0 radical (unpaired) electrons. The summed E-state index contributed by atoms with van der Waals surface area (Å²) in [4.78, 5) is 0. The van der Waals surface area contributed by atoms with E-state index in [1.54, 1.807) is 0 Å². The second-order valence-electron chi connectivity index (χ2n) is 14.9. The molecule has 0 saturated carbocycles. The number of rotatable bonds is 6. The summed E-state index contributed by atoms with van der Waals surface area (Å²) in [7, 11) is 0. The molecule has 1 nitrogen and oxygen atoms in total. The van der Waals surface area contributed by atoms with Crippen LogP contribution in [0.3, 0.4) is 0 Å². The van der Waals surface area contributed by atoms with Crippen molar-refractivity contribution in [2.24, 2.45) is 0 Å². The third-order valence-corrected chi connectivity index (χ3v) is 12.6. The Balaban J connectivity index is 1.12. The van der Waals surface area contributed by atoms with E-state index in [0.29, 0.717) is 0 Å². The molecular formula is C47H38BrNS. The maximum absolute atomic E-state index is 3.92. The first-order chi connectivity index (χ1) is 24.2. The third-order valence-electron chi connectivity index (χ3n) is 10.9. The lowest BCUT2D eigenvalue weighted by atomic mass is 9.77. The Kier molecular flexibility index (Phi) is 7.31. The van der Waals surface area contributed by atoms with E-state index >= 15 is 0 Å². The van der Waals surface area contributed by atoms with Crippen molar-refractivity contribution < 1.29 is 0 Å². The molecule has 1 heterocycles. The van der Waals surface area contributed by atoms with Gasteiger partial charge in [0, 0.05) is 52.6 Å². The largest absolute Gasteiger partial charge is 0.355 e. The van der Waals surface area contributed by atoms with Gasteiger partial charge in [0.25, 0.3) is 0 Å². The molecule has 0 bridgehead atoms. The summed E-state index contributed by atoms with van der Waals surface area (Å²) in [5.74, 6) is 0. The van der Waals surface area contributed by atoms with Crippen LogP contribution >= 0.6 is 27.3 Å². The summed E-state index contributed by atoms with van der Waals surface area (Å²) in [6.45, 7) is 9.45. The van der Waals surface area contributed by atoms with E-state index < -0.39 is 0 Å². The molecule has 50 heavy (non-hydrogen) atoms.